The number of amides is 2. The van der Waals surface area contributed by atoms with Crippen LogP contribution >= 0.6 is 0 Å². The topological polar surface area (TPSA) is 70.7 Å². The number of ether oxygens (including phenoxy) is 1. The second-order valence-electron chi connectivity index (χ2n) is 5.79. The predicted octanol–water partition coefficient (Wildman–Crippen LogP) is 2.64. The molecule has 1 heterocycles. The first-order valence-corrected chi connectivity index (χ1v) is 8.32. The molecule has 130 valence electrons. The Hall–Kier alpha value is -3.02. The molecule has 0 spiro atoms. The molecule has 6 nitrogen and oxygen atoms in total. The highest BCUT2D eigenvalue weighted by Crippen LogP contribution is 2.24. The van der Waals surface area contributed by atoms with Crippen molar-refractivity contribution >= 4 is 17.7 Å². The normalized spacial score (nSPS) is 12.9. The Bertz CT molecular complexity index is 759. The molecule has 0 aromatic heterocycles. The van der Waals surface area contributed by atoms with E-state index in [1.165, 1.54) is 11.1 Å². The van der Waals surface area contributed by atoms with Crippen LogP contribution in [-0.4, -0.2) is 25.2 Å². The molecule has 2 aromatic rings. The smallest absolute Gasteiger partial charge is 0.426 e. The van der Waals surface area contributed by atoms with E-state index in [-0.39, 0.29) is 12.5 Å². The first kappa shape index (κ1) is 16.8. The molecule has 0 saturated heterocycles. The van der Waals surface area contributed by atoms with E-state index < -0.39 is 6.09 Å². The van der Waals surface area contributed by atoms with Gasteiger partial charge in [-0.15, -0.1) is 0 Å². The third-order valence-corrected chi connectivity index (χ3v) is 4.18. The van der Waals surface area contributed by atoms with Crippen LogP contribution in [0.15, 0.2) is 48.5 Å². The fourth-order valence-corrected chi connectivity index (χ4v) is 2.89. The summed E-state index contributed by atoms with van der Waals surface area (Å²) in [5.41, 5.74) is 8.81. The summed E-state index contributed by atoms with van der Waals surface area (Å²) in [6.45, 7) is 3.76. The molecular formula is C19H21N3O3. The lowest BCUT2D eigenvalue weighted by atomic mass is 9.99. The van der Waals surface area contributed by atoms with Crippen LogP contribution in [0.1, 0.15) is 28.4 Å². The van der Waals surface area contributed by atoms with Crippen molar-refractivity contribution in [3.63, 3.8) is 0 Å². The van der Waals surface area contributed by atoms with E-state index in [2.05, 4.69) is 44.8 Å². The van der Waals surface area contributed by atoms with Gasteiger partial charge in [0.1, 0.15) is 0 Å². The molecule has 0 saturated carbocycles. The summed E-state index contributed by atoms with van der Waals surface area (Å²) in [5.74, 6) is -0.386. The van der Waals surface area contributed by atoms with Crippen LogP contribution in [0.2, 0.25) is 0 Å². The monoisotopic (exact) mass is 339 g/mol. The molecule has 2 aromatic carbocycles. The van der Waals surface area contributed by atoms with Crippen molar-refractivity contribution in [1.29, 1.82) is 0 Å². The molecule has 0 atom stereocenters. The molecule has 1 aliphatic rings. The van der Waals surface area contributed by atoms with Crippen molar-refractivity contribution in [2.45, 2.75) is 19.9 Å². The van der Waals surface area contributed by atoms with Crippen LogP contribution in [0.4, 0.5) is 10.5 Å². The maximum Gasteiger partial charge on any atom is 0.426 e. The number of nitrogens with one attached hydrogen (secondary N) is 2. The van der Waals surface area contributed by atoms with Crippen molar-refractivity contribution < 1.29 is 14.3 Å². The summed E-state index contributed by atoms with van der Waals surface area (Å²) in [6, 6.07) is 15.8. The Morgan fingerprint density at radius 2 is 1.76 bits per heavy atom. The fourth-order valence-electron chi connectivity index (χ4n) is 2.89. The van der Waals surface area contributed by atoms with E-state index >= 15 is 0 Å². The Morgan fingerprint density at radius 3 is 2.48 bits per heavy atom. The van der Waals surface area contributed by atoms with Crippen LogP contribution in [0, 0.1) is 0 Å². The number of nitrogens with zero attached hydrogens (tertiary/aromatic N) is 1. The number of anilines is 1. The van der Waals surface area contributed by atoms with Crippen LogP contribution in [0.5, 0.6) is 0 Å². The predicted molar refractivity (Wildman–Crippen MR) is 95.3 cm³/mol. The standard InChI is InChI=1S/C19H21N3O3/c1-2-25-19(24)21-20-18(23)15-7-9-17(10-8-15)22-12-11-14-5-3-4-6-16(14)13-22/h3-10H,2,11-13H2,1H3,(H,20,23)(H,21,24). The second-order valence-corrected chi connectivity index (χ2v) is 5.79. The highest BCUT2D eigenvalue weighted by Gasteiger charge is 2.16. The number of hydrazine groups is 1. The lowest BCUT2D eigenvalue weighted by molar-refractivity contribution is 0.0912. The molecule has 0 unspecified atom stereocenters. The number of rotatable bonds is 3. The van der Waals surface area contributed by atoms with Crippen LogP contribution in [0.25, 0.3) is 0 Å². The van der Waals surface area contributed by atoms with Crippen molar-refractivity contribution in [3.8, 4) is 0 Å². The van der Waals surface area contributed by atoms with Gasteiger partial charge in [-0.05, 0) is 48.7 Å². The van der Waals surface area contributed by atoms with E-state index in [0.29, 0.717) is 5.56 Å². The summed E-state index contributed by atoms with van der Waals surface area (Å²) >= 11 is 0. The molecular weight excluding hydrogens is 318 g/mol. The molecule has 6 heteroatoms. The minimum absolute atomic E-state index is 0.245. The van der Waals surface area contributed by atoms with E-state index in [0.717, 1.165) is 25.2 Å². The SMILES string of the molecule is CCOC(=O)NNC(=O)c1ccc(N2CCc3ccccc3C2)cc1. The summed E-state index contributed by atoms with van der Waals surface area (Å²) in [7, 11) is 0. The van der Waals surface area contributed by atoms with Crippen LogP contribution in [-0.2, 0) is 17.7 Å². The van der Waals surface area contributed by atoms with Gasteiger partial charge in [-0.2, -0.15) is 0 Å². The molecule has 0 fully saturated rings. The van der Waals surface area contributed by atoms with Gasteiger partial charge in [-0.25, -0.2) is 10.2 Å². The van der Waals surface area contributed by atoms with Gasteiger partial charge in [-0.3, -0.25) is 10.2 Å². The van der Waals surface area contributed by atoms with Gasteiger partial charge in [0.2, 0.25) is 0 Å². The van der Waals surface area contributed by atoms with Gasteiger partial charge < -0.3 is 9.64 Å². The largest absolute Gasteiger partial charge is 0.449 e. The third-order valence-electron chi connectivity index (χ3n) is 4.18. The lowest BCUT2D eigenvalue weighted by Gasteiger charge is -2.30. The quantitative estimate of drug-likeness (QED) is 0.844. The van der Waals surface area contributed by atoms with E-state index in [1.807, 2.05) is 12.1 Å². The van der Waals surface area contributed by atoms with E-state index in [1.54, 1.807) is 19.1 Å². The van der Waals surface area contributed by atoms with E-state index in [4.69, 9.17) is 0 Å². The van der Waals surface area contributed by atoms with Crippen LogP contribution in [0.3, 0.4) is 0 Å². The number of carbonyl (C=O) groups is 2. The zero-order valence-electron chi connectivity index (χ0n) is 14.1. The maximum absolute atomic E-state index is 12.0. The van der Waals surface area contributed by atoms with Crippen molar-refractivity contribution in [1.82, 2.24) is 10.9 Å². The zero-order chi connectivity index (χ0) is 17.6. The molecule has 0 aliphatic carbocycles. The molecule has 0 radical (unpaired) electrons. The number of benzene rings is 2. The first-order chi connectivity index (χ1) is 12.2. The number of fused-ring (bicyclic) bond motifs is 1. The molecule has 0 bridgehead atoms. The lowest BCUT2D eigenvalue weighted by Crippen LogP contribution is -2.41. The minimum atomic E-state index is -0.681. The number of carbonyl (C=O) groups excluding carboxylic acids is 2. The van der Waals surface area contributed by atoms with Crippen molar-refractivity contribution in [2.75, 3.05) is 18.1 Å². The molecule has 2 N–H and O–H groups in total. The molecule has 3 rings (SSSR count). The average molecular weight is 339 g/mol. The van der Waals surface area contributed by atoms with Crippen LogP contribution < -0.4 is 15.8 Å². The summed E-state index contributed by atoms with van der Waals surface area (Å²) in [6.07, 6.45) is 0.335. The van der Waals surface area contributed by atoms with Gasteiger partial charge in [-0.1, -0.05) is 24.3 Å². The first-order valence-electron chi connectivity index (χ1n) is 8.32. The third kappa shape index (κ3) is 4.09. The van der Waals surface area contributed by atoms with Gasteiger partial charge in [0, 0.05) is 24.3 Å². The zero-order valence-corrected chi connectivity index (χ0v) is 14.1. The fraction of sp³-hybridized carbons (Fsp3) is 0.263. The summed E-state index contributed by atoms with van der Waals surface area (Å²) in [5, 5.41) is 0. The highest BCUT2D eigenvalue weighted by molar-refractivity contribution is 5.95. The number of hydrogen-bond donors (Lipinski definition) is 2. The number of hydrogen-bond acceptors (Lipinski definition) is 4. The van der Waals surface area contributed by atoms with Crippen molar-refractivity contribution in [3.05, 3.63) is 65.2 Å². The van der Waals surface area contributed by atoms with Gasteiger partial charge >= 0.3 is 6.09 Å². The van der Waals surface area contributed by atoms with Gasteiger partial charge in [0.05, 0.1) is 6.61 Å². The molecule has 25 heavy (non-hydrogen) atoms. The highest BCUT2D eigenvalue weighted by atomic mass is 16.5. The van der Waals surface area contributed by atoms with Gasteiger partial charge in [0.25, 0.3) is 5.91 Å². The maximum atomic E-state index is 12.0. The molecule has 2 amide bonds. The average Bonchev–Trinajstić information content (AvgIpc) is 2.66. The Kier molecular flexibility index (Phi) is 5.18. The Balaban J connectivity index is 1.61. The summed E-state index contributed by atoms with van der Waals surface area (Å²) in [4.78, 5) is 25.5. The molecule has 1 aliphatic heterocycles. The Morgan fingerprint density at radius 1 is 1.04 bits per heavy atom. The van der Waals surface area contributed by atoms with E-state index in [9.17, 15) is 9.59 Å². The summed E-state index contributed by atoms with van der Waals surface area (Å²) < 4.78 is 4.68. The van der Waals surface area contributed by atoms with Gasteiger partial charge in [0.15, 0.2) is 0 Å². The minimum Gasteiger partial charge on any atom is -0.449 e. The second kappa shape index (κ2) is 7.70. The van der Waals surface area contributed by atoms with Crippen molar-refractivity contribution in [2.24, 2.45) is 0 Å². The Labute approximate surface area is 146 Å².